The Morgan fingerprint density at radius 2 is 1.62 bits per heavy atom. The number of sulfonamides is 1. The molecule has 0 saturated carbocycles. The van der Waals surface area contributed by atoms with Crippen LogP contribution in [-0.2, 0) is 10.0 Å². The normalized spacial score (nSPS) is 14.8. The van der Waals surface area contributed by atoms with E-state index in [9.17, 15) is 17.6 Å². The van der Waals surface area contributed by atoms with Crippen molar-refractivity contribution in [2.75, 3.05) is 18.4 Å². The highest BCUT2D eigenvalue weighted by Crippen LogP contribution is 2.20. The monoisotopic (exact) mass is 436 g/mol. The van der Waals surface area contributed by atoms with Gasteiger partial charge in [-0.15, -0.1) is 0 Å². The maximum Gasteiger partial charge on any atom is 0.269 e. The lowest BCUT2D eigenvalue weighted by atomic mass is 10.2. The Bertz CT molecular complexity index is 991. The Morgan fingerprint density at radius 1 is 0.966 bits per heavy atom. The number of halogens is 1. The van der Waals surface area contributed by atoms with E-state index in [1.165, 1.54) is 40.7 Å². The lowest BCUT2D eigenvalue weighted by Gasteiger charge is -2.25. The van der Waals surface area contributed by atoms with Crippen molar-refractivity contribution in [3.63, 3.8) is 0 Å². The molecule has 1 fully saturated rings. The van der Waals surface area contributed by atoms with Gasteiger partial charge >= 0.3 is 0 Å². The third kappa shape index (κ3) is 5.28. The molecule has 1 heterocycles. The second-order valence-electron chi connectivity index (χ2n) is 6.50. The molecule has 0 bridgehead atoms. The van der Waals surface area contributed by atoms with Gasteiger partial charge in [0, 0.05) is 18.7 Å². The summed E-state index contributed by atoms with van der Waals surface area (Å²) in [6.07, 6.45) is 2.74. The minimum Gasteiger partial charge on any atom is -0.329 e. The highest BCUT2D eigenvalue weighted by molar-refractivity contribution is 7.89. The van der Waals surface area contributed by atoms with E-state index < -0.39 is 21.7 Å². The molecular formula is C19H21FN4O3S2. The molecule has 29 heavy (non-hydrogen) atoms. The Kier molecular flexibility index (Phi) is 6.78. The van der Waals surface area contributed by atoms with E-state index in [1.54, 1.807) is 12.1 Å². The molecule has 1 aliphatic rings. The van der Waals surface area contributed by atoms with Crippen LogP contribution in [-0.4, -0.2) is 36.8 Å². The molecule has 0 atom stereocenters. The van der Waals surface area contributed by atoms with E-state index in [0.717, 1.165) is 19.3 Å². The molecule has 3 rings (SSSR count). The highest BCUT2D eigenvalue weighted by atomic mass is 32.2. The molecule has 1 amide bonds. The number of para-hydroxylation sites is 1. The second-order valence-corrected chi connectivity index (χ2v) is 8.85. The van der Waals surface area contributed by atoms with Gasteiger partial charge in [-0.2, -0.15) is 4.31 Å². The molecule has 10 heteroatoms. The van der Waals surface area contributed by atoms with Gasteiger partial charge in [0.25, 0.3) is 5.91 Å². The van der Waals surface area contributed by atoms with E-state index in [1.807, 2.05) is 0 Å². The predicted molar refractivity (Wildman–Crippen MR) is 112 cm³/mol. The van der Waals surface area contributed by atoms with Crippen molar-refractivity contribution in [3.8, 4) is 0 Å². The maximum absolute atomic E-state index is 13.6. The summed E-state index contributed by atoms with van der Waals surface area (Å²) in [4.78, 5) is 12.4. The van der Waals surface area contributed by atoms with Crippen LogP contribution in [0.2, 0.25) is 0 Å². The first kappa shape index (κ1) is 21.2. The van der Waals surface area contributed by atoms with Gasteiger partial charge in [-0.25, -0.2) is 12.8 Å². The van der Waals surface area contributed by atoms with Gasteiger partial charge in [0.1, 0.15) is 5.82 Å². The Balaban J connectivity index is 1.57. The fourth-order valence-electron chi connectivity index (χ4n) is 2.93. The molecule has 0 aliphatic carbocycles. The number of nitrogens with one attached hydrogen (secondary N) is 3. The lowest BCUT2D eigenvalue weighted by Crippen LogP contribution is -2.43. The fraction of sp³-hybridized carbons (Fsp3) is 0.263. The number of carbonyl (C=O) groups is 1. The van der Waals surface area contributed by atoms with Crippen LogP contribution in [0.5, 0.6) is 0 Å². The van der Waals surface area contributed by atoms with Gasteiger partial charge in [0.2, 0.25) is 10.0 Å². The van der Waals surface area contributed by atoms with Crippen molar-refractivity contribution < 1.29 is 17.6 Å². The smallest absolute Gasteiger partial charge is 0.269 e. The van der Waals surface area contributed by atoms with E-state index in [4.69, 9.17) is 12.2 Å². The molecule has 0 unspecified atom stereocenters. The summed E-state index contributed by atoms with van der Waals surface area (Å²) < 4.78 is 40.3. The summed E-state index contributed by atoms with van der Waals surface area (Å²) in [6.45, 7) is 1.03. The van der Waals surface area contributed by atoms with Crippen molar-refractivity contribution in [3.05, 3.63) is 59.9 Å². The first-order valence-electron chi connectivity index (χ1n) is 9.10. The topological polar surface area (TPSA) is 90.5 Å². The molecule has 1 saturated heterocycles. The number of rotatable bonds is 4. The van der Waals surface area contributed by atoms with Crippen LogP contribution in [0.1, 0.15) is 29.6 Å². The Hall–Kier alpha value is -2.56. The summed E-state index contributed by atoms with van der Waals surface area (Å²) in [5.41, 5.74) is 5.29. The number of nitrogens with zero attached hydrogens (tertiary/aromatic N) is 1. The van der Waals surface area contributed by atoms with Gasteiger partial charge in [0.05, 0.1) is 10.6 Å². The molecule has 2 aromatic rings. The fourth-order valence-corrected chi connectivity index (χ4v) is 4.61. The van der Waals surface area contributed by atoms with Crippen LogP contribution in [0, 0.1) is 5.82 Å². The molecule has 3 N–H and O–H groups in total. The SMILES string of the molecule is O=C(NNC(=S)Nc1ccccc1F)c1ccc(S(=O)(=O)N2CCCCC2)cc1. The zero-order chi connectivity index (χ0) is 20.9. The molecule has 0 aromatic heterocycles. The molecule has 0 spiro atoms. The first-order valence-corrected chi connectivity index (χ1v) is 10.9. The largest absolute Gasteiger partial charge is 0.329 e. The molecule has 1 aliphatic heterocycles. The summed E-state index contributed by atoms with van der Waals surface area (Å²) in [5.74, 6) is -0.988. The lowest BCUT2D eigenvalue weighted by molar-refractivity contribution is 0.0944. The van der Waals surface area contributed by atoms with Crippen molar-refractivity contribution in [2.45, 2.75) is 24.2 Å². The van der Waals surface area contributed by atoms with Crippen molar-refractivity contribution in [1.82, 2.24) is 15.2 Å². The van der Waals surface area contributed by atoms with E-state index in [2.05, 4.69) is 16.2 Å². The molecule has 154 valence electrons. The van der Waals surface area contributed by atoms with Crippen molar-refractivity contribution in [1.29, 1.82) is 0 Å². The standard InChI is InChI=1S/C19H21FN4O3S2/c20-16-6-2-3-7-17(16)21-19(28)23-22-18(25)14-8-10-15(11-9-14)29(26,27)24-12-4-1-5-13-24/h2-3,6-11H,1,4-5,12-13H2,(H,22,25)(H2,21,23,28). The summed E-state index contributed by atoms with van der Waals surface area (Å²) >= 11 is 5.02. The van der Waals surface area contributed by atoms with Crippen molar-refractivity contribution >= 4 is 38.9 Å². The number of hydrazine groups is 1. The highest BCUT2D eigenvalue weighted by Gasteiger charge is 2.25. The van der Waals surface area contributed by atoms with Crippen LogP contribution in [0.25, 0.3) is 0 Å². The molecule has 2 aromatic carbocycles. The van der Waals surface area contributed by atoms with Crippen LogP contribution in [0.3, 0.4) is 0 Å². The number of amides is 1. The maximum atomic E-state index is 13.6. The van der Waals surface area contributed by atoms with Gasteiger partial charge < -0.3 is 5.32 Å². The zero-order valence-electron chi connectivity index (χ0n) is 15.5. The zero-order valence-corrected chi connectivity index (χ0v) is 17.2. The number of carbonyl (C=O) groups excluding carboxylic acids is 1. The third-order valence-electron chi connectivity index (χ3n) is 4.48. The van der Waals surface area contributed by atoms with Crippen LogP contribution in [0.15, 0.2) is 53.4 Å². The molecular weight excluding hydrogens is 415 g/mol. The summed E-state index contributed by atoms with van der Waals surface area (Å²) in [5, 5.41) is 2.64. The summed E-state index contributed by atoms with van der Waals surface area (Å²) in [7, 11) is -3.55. The Labute approximate surface area is 174 Å². The number of piperidine rings is 1. The van der Waals surface area contributed by atoms with Gasteiger partial charge in [-0.3, -0.25) is 15.6 Å². The molecule has 0 radical (unpaired) electrons. The number of hydrogen-bond acceptors (Lipinski definition) is 4. The minimum atomic E-state index is -3.55. The predicted octanol–water partition coefficient (Wildman–Crippen LogP) is 2.63. The van der Waals surface area contributed by atoms with Gasteiger partial charge in [-0.05, 0) is 61.5 Å². The number of anilines is 1. The van der Waals surface area contributed by atoms with Gasteiger partial charge in [-0.1, -0.05) is 18.6 Å². The Morgan fingerprint density at radius 3 is 2.28 bits per heavy atom. The number of thiocarbonyl (C=S) groups is 1. The average molecular weight is 437 g/mol. The minimum absolute atomic E-state index is 0.00717. The second kappa shape index (κ2) is 9.29. The molecule has 7 nitrogen and oxygen atoms in total. The van der Waals surface area contributed by atoms with Gasteiger partial charge in [0.15, 0.2) is 5.11 Å². The quantitative estimate of drug-likeness (QED) is 0.504. The third-order valence-corrected chi connectivity index (χ3v) is 6.60. The number of hydrogen-bond donors (Lipinski definition) is 3. The average Bonchev–Trinajstić information content (AvgIpc) is 2.74. The van der Waals surface area contributed by atoms with E-state index >= 15 is 0 Å². The van der Waals surface area contributed by atoms with E-state index in [-0.39, 0.29) is 21.3 Å². The first-order chi connectivity index (χ1) is 13.9. The van der Waals surface area contributed by atoms with Crippen LogP contribution < -0.4 is 16.2 Å². The van der Waals surface area contributed by atoms with Crippen LogP contribution in [0.4, 0.5) is 10.1 Å². The van der Waals surface area contributed by atoms with E-state index in [0.29, 0.717) is 13.1 Å². The van der Waals surface area contributed by atoms with Crippen molar-refractivity contribution in [2.24, 2.45) is 0 Å². The number of benzene rings is 2. The van der Waals surface area contributed by atoms with Crippen LogP contribution >= 0.6 is 12.2 Å². The summed E-state index contributed by atoms with van der Waals surface area (Å²) in [6, 6.07) is 11.7.